The highest BCUT2D eigenvalue weighted by Gasteiger charge is 2.12. The highest BCUT2D eigenvalue weighted by Crippen LogP contribution is 2.41. The van der Waals surface area contributed by atoms with E-state index in [4.69, 9.17) is 0 Å². The van der Waals surface area contributed by atoms with Gasteiger partial charge in [0.05, 0.1) is 0 Å². The molecule has 1 heteroatoms. The predicted octanol–water partition coefficient (Wildman–Crippen LogP) is 10.6. The lowest BCUT2D eigenvalue weighted by Crippen LogP contribution is -1.85. The van der Waals surface area contributed by atoms with E-state index in [2.05, 4.69) is 146 Å². The summed E-state index contributed by atoms with van der Waals surface area (Å²) in [6.45, 7) is 0. The summed E-state index contributed by atoms with van der Waals surface area (Å²) in [7, 11) is 0. The molecule has 0 aliphatic carbocycles. The minimum atomic E-state index is 0. The first-order chi connectivity index (χ1) is 19.9. The molecule has 10 aromatic rings. The Morgan fingerprint density at radius 2 is 0.341 bits per heavy atom. The van der Waals surface area contributed by atoms with Gasteiger partial charge in [0.1, 0.15) is 0 Å². The first-order valence-electron chi connectivity index (χ1n) is 14.0. The fourth-order valence-corrected chi connectivity index (χ4v) is 7.16. The minimum absolute atomic E-state index is 0. The predicted molar refractivity (Wildman–Crippen MR) is 179 cm³/mol. The summed E-state index contributed by atoms with van der Waals surface area (Å²) < 4.78 is 0. The van der Waals surface area contributed by atoms with Gasteiger partial charge in [0, 0.05) is 0 Å². The number of hydrogen-bond donors (Lipinski definition) is 0. The first kappa shape index (κ1) is 23.6. The molecule has 0 fully saturated rings. The Morgan fingerprint density at radius 1 is 0.195 bits per heavy atom. The van der Waals surface area contributed by atoms with Crippen LogP contribution in [0.15, 0.2) is 146 Å². The average molecular weight is 523 g/mol. The monoisotopic (exact) mass is 522 g/mol. The summed E-state index contributed by atoms with van der Waals surface area (Å²) in [5.74, 6) is 0. The second-order valence-electron chi connectivity index (χ2n) is 10.8. The van der Waals surface area contributed by atoms with Gasteiger partial charge in [-0.3, -0.25) is 0 Å². The number of fused-ring (bicyclic) bond motifs is 4. The largest absolute Gasteiger partial charge is 0.412 e. The maximum Gasteiger partial charge on any atom is -0.00264 e. The Bertz CT molecular complexity index is 2020. The van der Waals surface area contributed by atoms with Crippen LogP contribution in [0.25, 0.3) is 86.2 Å². The number of hydrogen-bond acceptors (Lipinski definition) is 0. The van der Waals surface area contributed by atoms with Crippen molar-refractivity contribution in [2.24, 2.45) is 0 Å². The van der Waals surface area contributed by atoms with Gasteiger partial charge < -0.3 is 5.48 Å². The van der Waals surface area contributed by atoms with E-state index in [1.165, 1.54) is 86.2 Å². The molecule has 10 rings (SSSR count). The summed E-state index contributed by atoms with van der Waals surface area (Å²) >= 11 is 0. The number of benzene rings is 10. The molecule has 0 amide bonds. The second kappa shape index (κ2) is 8.89. The zero-order valence-electron chi connectivity index (χ0n) is 22.4. The van der Waals surface area contributed by atoms with Gasteiger partial charge in [-0.15, -0.1) is 0 Å². The quantitative estimate of drug-likeness (QED) is 0.140. The summed E-state index contributed by atoms with van der Waals surface area (Å²) in [5, 5.41) is 21.8. The van der Waals surface area contributed by atoms with Crippen LogP contribution in [0.3, 0.4) is 0 Å². The number of rotatable bonds is 0. The Morgan fingerprint density at radius 3 is 0.488 bits per heavy atom. The van der Waals surface area contributed by atoms with E-state index in [-0.39, 0.29) is 5.48 Å². The van der Waals surface area contributed by atoms with Gasteiger partial charge in [0.15, 0.2) is 0 Å². The van der Waals surface area contributed by atoms with Crippen LogP contribution in [0.5, 0.6) is 0 Å². The molecule has 10 aromatic carbocycles. The van der Waals surface area contributed by atoms with E-state index in [9.17, 15) is 0 Å². The third-order valence-electron chi connectivity index (χ3n) is 8.78. The molecule has 0 saturated heterocycles. The second-order valence-corrected chi connectivity index (χ2v) is 10.8. The summed E-state index contributed by atoms with van der Waals surface area (Å²) in [5.41, 5.74) is 0. The molecule has 0 saturated carbocycles. The fraction of sp³-hybridized carbons (Fsp3) is 0. The lowest BCUT2D eigenvalue weighted by molar-refractivity contribution is 0.824. The van der Waals surface area contributed by atoms with Crippen molar-refractivity contribution in [2.45, 2.75) is 0 Å². The van der Waals surface area contributed by atoms with Gasteiger partial charge in [-0.25, -0.2) is 0 Å². The summed E-state index contributed by atoms with van der Waals surface area (Å²) in [6.07, 6.45) is 0. The molecule has 41 heavy (non-hydrogen) atoms. The van der Waals surface area contributed by atoms with Crippen molar-refractivity contribution in [1.29, 1.82) is 0 Å². The minimum Gasteiger partial charge on any atom is -0.412 e. The van der Waals surface area contributed by atoms with Gasteiger partial charge in [0.2, 0.25) is 0 Å². The van der Waals surface area contributed by atoms with Crippen molar-refractivity contribution in [1.82, 2.24) is 0 Å². The Hall–Kier alpha value is -5.24. The van der Waals surface area contributed by atoms with Crippen molar-refractivity contribution in [3.8, 4) is 0 Å². The normalized spacial score (nSPS) is 11.7. The van der Waals surface area contributed by atoms with Crippen LogP contribution in [0.4, 0.5) is 0 Å². The van der Waals surface area contributed by atoms with Crippen LogP contribution in [0.1, 0.15) is 0 Å². The van der Waals surface area contributed by atoms with Gasteiger partial charge in [0.25, 0.3) is 0 Å². The molecule has 2 N–H and O–H groups in total. The molecule has 0 heterocycles. The molecule has 0 atom stereocenters. The van der Waals surface area contributed by atoms with Gasteiger partial charge in [-0.05, 0) is 86.2 Å². The molecule has 0 radical (unpaired) electrons. The Kier molecular flexibility index (Phi) is 5.12. The third kappa shape index (κ3) is 3.27. The van der Waals surface area contributed by atoms with Crippen LogP contribution >= 0.6 is 0 Å². The standard InChI is InChI=1S/2C20H12.H2O/c2*1-5-13-6-2-11-17-18-12-4-8-14-7-3-10-16(20(14)18)15(9-1)19(13)17;/h2*1-12H;1H2. The van der Waals surface area contributed by atoms with Crippen molar-refractivity contribution < 1.29 is 5.48 Å². The highest BCUT2D eigenvalue weighted by atomic mass is 16.0. The van der Waals surface area contributed by atoms with Crippen LogP contribution in [0.2, 0.25) is 0 Å². The van der Waals surface area contributed by atoms with Crippen molar-refractivity contribution >= 4 is 86.2 Å². The van der Waals surface area contributed by atoms with Crippen LogP contribution in [-0.4, -0.2) is 5.48 Å². The molecule has 0 aliphatic heterocycles. The summed E-state index contributed by atoms with van der Waals surface area (Å²) in [4.78, 5) is 0. The lowest BCUT2D eigenvalue weighted by Gasteiger charge is -2.13. The van der Waals surface area contributed by atoms with Crippen molar-refractivity contribution in [3.05, 3.63) is 146 Å². The van der Waals surface area contributed by atoms with E-state index in [1.54, 1.807) is 0 Å². The SMILES string of the molecule is O.c1cc2cccc3c4cccc5cccc(c(c1)c23)c54.c1cc2cccc3c4cccc5cccc(c(c1)c23)c54. The van der Waals surface area contributed by atoms with Crippen molar-refractivity contribution in [2.75, 3.05) is 0 Å². The molecule has 0 aromatic heterocycles. The topological polar surface area (TPSA) is 31.5 Å². The molecule has 0 bridgehead atoms. The molecular weight excluding hydrogens is 496 g/mol. The summed E-state index contributed by atoms with van der Waals surface area (Å²) in [6, 6.07) is 52.9. The molecule has 0 unspecified atom stereocenters. The van der Waals surface area contributed by atoms with E-state index in [0.29, 0.717) is 0 Å². The molecule has 0 spiro atoms. The smallest absolute Gasteiger partial charge is 0.00264 e. The Labute approximate surface area is 236 Å². The van der Waals surface area contributed by atoms with E-state index >= 15 is 0 Å². The van der Waals surface area contributed by atoms with Crippen LogP contribution < -0.4 is 0 Å². The third-order valence-corrected chi connectivity index (χ3v) is 8.78. The van der Waals surface area contributed by atoms with E-state index < -0.39 is 0 Å². The molecule has 0 aliphatic rings. The lowest BCUT2D eigenvalue weighted by atomic mass is 9.90. The van der Waals surface area contributed by atoms with Gasteiger partial charge in [-0.2, -0.15) is 0 Å². The van der Waals surface area contributed by atoms with E-state index in [1.807, 2.05) is 0 Å². The van der Waals surface area contributed by atoms with Crippen molar-refractivity contribution in [3.63, 3.8) is 0 Å². The molecule has 1 nitrogen and oxygen atoms in total. The fourth-order valence-electron chi connectivity index (χ4n) is 7.16. The molecule has 192 valence electrons. The maximum absolute atomic E-state index is 2.25. The van der Waals surface area contributed by atoms with Crippen LogP contribution in [0, 0.1) is 0 Å². The van der Waals surface area contributed by atoms with E-state index in [0.717, 1.165) is 0 Å². The van der Waals surface area contributed by atoms with Gasteiger partial charge >= 0.3 is 0 Å². The highest BCUT2D eigenvalue weighted by molar-refractivity contribution is 6.34. The van der Waals surface area contributed by atoms with Crippen LogP contribution in [-0.2, 0) is 0 Å². The maximum atomic E-state index is 2.25. The molecular formula is C40H26O. The Balaban J connectivity index is 0.000000122. The average Bonchev–Trinajstić information content (AvgIpc) is 3.02. The van der Waals surface area contributed by atoms with Gasteiger partial charge in [-0.1, -0.05) is 146 Å². The first-order valence-corrected chi connectivity index (χ1v) is 14.0. The zero-order valence-corrected chi connectivity index (χ0v) is 22.4. The zero-order chi connectivity index (χ0) is 26.2.